The Hall–Kier alpha value is -3.63. The molecule has 3 aromatic carbocycles. The van der Waals surface area contributed by atoms with E-state index in [1.165, 1.54) is 11.1 Å². The van der Waals surface area contributed by atoms with Crippen molar-refractivity contribution in [3.63, 3.8) is 0 Å². The van der Waals surface area contributed by atoms with Crippen molar-refractivity contribution >= 4 is 33.4 Å². The number of aryl methyl sites for hydroxylation is 3. The van der Waals surface area contributed by atoms with Crippen molar-refractivity contribution in [2.75, 3.05) is 14.2 Å². The van der Waals surface area contributed by atoms with Crippen molar-refractivity contribution in [1.82, 2.24) is 9.97 Å². The summed E-state index contributed by atoms with van der Waals surface area (Å²) in [7, 11) is 3.28. The van der Waals surface area contributed by atoms with E-state index in [1.54, 1.807) is 14.2 Å². The predicted octanol–water partition coefficient (Wildman–Crippen LogP) is 7.73. The van der Waals surface area contributed by atoms with Gasteiger partial charge in [-0.15, -0.1) is 0 Å². The van der Waals surface area contributed by atoms with Crippen molar-refractivity contribution in [1.29, 1.82) is 0 Å². The standard InChI is InChI=1S/C18H17NO.C11H10ClNO/c1-12-7-4-5-10-15(12)18-16(20-3)11-14-9-6-8-13(2)17(14)19-18;1-7-4-3-5-8-6-9(14-2)11(12)13-10(7)8/h4-11H,1-3H3;3-6H,1-2H3. The molecule has 0 atom stereocenters. The van der Waals surface area contributed by atoms with Crippen LogP contribution in [0.1, 0.15) is 16.7 Å². The van der Waals surface area contributed by atoms with E-state index in [2.05, 4.69) is 49.2 Å². The number of methoxy groups -OCH3 is 2. The van der Waals surface area contributed by atoms with Gasteiger partial charge >= 0.3 is 0 Å². The van der Waals surface area contributed by atoms with Crippen molar-refractivity contribution in [3.8, 4) is 22.8 Å². The van der Waals surface area contributed by atoms with Crippen LogP contribution in [0.2, 0.25) is 5.15 Å². The number of halogens is 1. The first-order valence-corrected chi connectivity index (χ1v) is 11.4. The second kappa shape index (κ2) is 10.1. The lowest BCUT2D eigenvalue weighted by atomic mass is 10.0. The van der Waals surface area contributed by atoms with E-state index in [-0.39, 0.29) is 0 Å². The summed E-state index contributed by atoms with van der Waals surface area (Å²) in [5.41, 5.74) is 7.49. The van der Waals surface area contributed by atoms with Gasteiger partial charge in [0.1, 0.15) is 11.4 Å². The molecule has 5 aromatic rings. The van der Waals surface area contributed by atoms with E-state index in [4.69, 9.17) is 26.1 Å². The molecule has 2 heterocycles. The highest BCUT2D eigenvalue weighted by Crippen LogP contribution is 2.34. The quantitative estimate of drug-likeness (QED) is 0.253. The Morgan fingerprint density at radius 2 is 1.15 bits per heavy atom. The lowest BCUT2D eigenvalue weighted by Gasteiger charge is -2.12. The van der Waals surface area contributed by atoms with Crippen molar-refractivity contribution in [2.45, 2.75) is 20.8 Å². The topological polar surface area (TPSA) is 44.2 Å². The highest BCUT2D eigenvalue weighted by Gasteiger charge is 2.12. The zero-order chi connectivity index (χ0) is 24.2. The Morgan fingerprint density at radius 3 is 1.74 bits per heavy atom. The molecule has 0 amide bonds. The van der Waals surface area contributed by atoms with Gasteiger partial charge < -0.3 is 9.47 Å². The third-order valence-corrected chi connectivity index (χ3v) is 6.09. The number of benzene rings is 3. The molecule has 34 heavy (non-hydrogen) atoms. The maximum Gasteiger partial charge on any atom is 0.171 e. The summed E-state index contributed by atoms with van der Waals surface area (Å²) >= 11 is 5.94. The molecular weight excluding hydrogens is 444 g/mol. The molecule has 0 unspecified atom stereocenters. The molecule has 0 aliphatic heterocycles. The highest BCUT2D eigenvalue weighted by molar-refractivity contribution is 6.31. The van der Waals surface area contributed by atoms with Crippen LogP contribution < -0.4 is 9.47 Å². The van der Waals surface area contributed by atoms with Crippen LogP contribution in [0.15, 0.2) is 72.8 Å². The first kappa shape index (κ1) is 23.5. The largest absolute Gasteiger partial charge is 0.494 e. The van der Waals surface area contributed by atoms with Crippen molar-refractivity contribution in [2.24, 2.45) is 0 Å². The molecule has 0 fully saturated rings. The molecule has 0 radical (unpaired) electrons. The van der Waals surface area contributed by atoms with Gasteiger partial charge in [0, 0.05) is 16.3 Å². The second-order valence-electron chi connectivity index (χ2n) is 8.13. The minimum Gasteiger partial charge on any atom is -0.494 e. The average Bonchev–Trinajstić information content (AvgIpc) is 2.84. The van der Waals surface area contributed by atoms with E-state index in [1.807, 2.05) is 49.4 Å². The summed E-state index contributed by atoms with van der Waals surface area (Å²) in [6.07, 6.45) is 0. The number of rotatable bonds is 3. The summed E-state index contributed by atoms with van der Waals surface area (Å²) in [6.45, 7) is 6.19. The monoisotopic (exact) mass is 470 g/mol. The van der Waals surface area contributed by atoms with E-state index < -0.39 is 0 Å². The molecule has 0 bridgehead atoms. The molecule has 172 valence electrons. The Labute approximate surface area is 205 Å². The normalized spacial score (nSPS) is 10.6. The molecule has 0 spiro atoms. The summed E-state index contributed by atoms with van der Waals surface area (Å²) < 4.78 is 10.6. The van der Waals surface area contributed by atoms with Crippen LogP contribution in [0.25, 0.3) is 33.1 Å². The van der Waals surface area contributed by atoms with Crippen LogP contribution in [0.3, 0.4) is 0 Å². The van der Waals surface area contributed by atoms with Gasteiger partial charge in [0.2, 0.25) is 0 Å². The summed E-state index contributed by atoms with van der Waals surface area (Å²) in [4.78, 5) is 9.14. The first-order valence-electron chi connectivity index (χ1n) is 11.0. The number of para-hydroxylation sites is 2. The van der Waals surface area contributed by atoms with Gasteiger partial charge in [-0.25, -0.2) is 9.97 Å². The highest BCUT2D eigenvalue weighted by atomic mass is 35.5. The molecule has 5 rings (SSSR count). The fraction of sp³-hybridized carbons (Fsp3) is 0.172. The van der Waals surface area contributed by atoms with E-state index in [0.717, 1.165) is 44.4 Å². The number of ether oxygens (including phenoxy) is 2. The third kappa shape index (κ3) is 4.68. The van der Waals surface area contributed by atoms with E-state index >= 15 is 0 Å². The molecule has 0 aliphatic rings. The fourth-order valence-electron chi connectivity index (χ4n) is 3.96. The van der Waals surface area contributed by atoms with Gasteiger partial charge in [-0.3, -0.25) is 0 Å². The number of nitrogens with zero attached hydrogens (tertiary/aromatic N) is 2. The van der Waals surface area contributed by atoms with Crippen LogP contribution in [0.5, 0.6) is 11.5 Å². The zero-order valence-electron chi connectivity index (χ0n) is 20.0. The van der Waals surface area contributed by atoms with E-state index in [9.17, 15) is 0 Å². The minimum absolute atomic E-state index is 0.411. The number of hydrogen-bond donors (Lipinski definition) is 0. The zero-order valence-corrected chi connectivity index (χ0v) is 20.8. The molecule has 2 aromatic heterocycles. The van der Waals surface area contributed by atoms with E-state index in [0.29, 0.717) is 10.9 Å². The third-order valence-electron chi connectivity index (χ3n) is 5.82. The van der Waals surface area contributed by atoms with Gasteiger partial charge in [0.15, 0.2) is 10.9 Å². The maximum atomic E-state index is 5.94. The molecule has 0 aliphatic carbocycles. The lowest BCUT2D eigenvalue weighted by molar-refractivity contribution is 0.414. The Kier molecular flexibility index (Phi) is 6.99. The number of pyridine rings is 2. The summed E-state index contributed by atoms with van der Waals surface area (Å²) in [6, 6.07) is 24.4. The number of aromatic nitrogens is 2. The molecular formula is C29H27ClN2O2. The summed E-state index contributed by atoms with van der Waals surface area (Å²) in [5.74, 6) is 1.43. The smallest absolute Gasteiger partial charge is 0.171 e. The number of fused-ring (bicyclic) bond motifs is 2. The van der Waals surface area contributed by atoms with Crippen LogP contribution in [-0.4, -0.2) is 24.2 Å². The SMILES string of the molecule is COc1cc2cccc(C)c2nc1-c1ccccc1C.COc1cc2cccc(C)c2nc1Cl. The van der Waals surface area contributed by atoms with Crippen LogP contribution >= 0.6 is 11.6 Å². The van der Waals surface area contributed by atoms with Gasteiger partial charge in [0.25, 0.3) is 0 Å². The van der Waals surface area contributed by atoms with Crippen LogP contribution in [0.4, 0.5) is 0 Å². The Bertz CT molecular complexity index is 1480. The molecule has 5 heteroatoms. The number of hydrogen-bond acceptors (Lipinski definition) is 4. The lowest BCUT2D eigenvalue weighted by Crippen LogP contribution is -1.95. The summed E-state index contributed by atoms with van der Waals surface area (Å²) in [5, 5.41) is 2.57. The van der Waals surface area contributed by atoms with Gasteiger partial charge in [0.05, 0.1) is 25.3 Å². The average molecular weight is 471 g/mol. The van der Waals surface area contributed by atoms with Crippen molar-refractivity contribution in [3.05, 3.63) is 94.6 Å². The minimum atomic E-state index is 0.411. The maximum absolute atomic E-state index is 5.94. The van der Waals surface area contributed by atoms with Gasteiger partial charge in [-0.05, 0) is 49.6 Å². The molecule has 0 saturated heterocycles. The second-order valence-corrected chi connectivity index (χ2v) is 8.49. The molecule has 0 saturated carbocycles. The molecule has 0 N–H and O–H groups in total. The van der Waals surface area contributed by atoms with Crippen molar-refractivity contribution < 1.29 is 9.47 Å². The first-order chi connectivity index (χ1) is 16.4. The predicted molar refractivity (Wildman–Crippen MR) is 141 cm³/mol. The fourth-order valence-corrected chi connectivity index (χ4v) is 4.18. The van der Waals surface area contributed by atoms with Gasteiger partial charge in [-0.2, -0.15) is 0 Å². The van der Waals surface area contributed by atoms with Crippen LogP contribution in [-0.2, 0) is 0 Å². The molecule has 4 nitrogen and oxygen atoms in total. The Morgan fingerprint density at radius 1 is 0.618 bits per heavy atom. The Balaban J connectivity index is 0.000000172. The van der Waals surface area contributed by atoms with Gasteiger partial charge in [-0.1, -0.05) is 72.3 Å². The van der Waals surface area contributed by atoms with Crippen LogP contribution in [0, 0.1) is 20.8 Å².